The SMILES string of the molecule is NC(CCCN=C(NC(c1ccccc1)(c1ccccc1)c1ccccc1)NC(c1ccccc1)(c1ccccc1)c1ccccc1)C(=O)O. The monoisotopic (exact) mass is 658 g/mol. The first-order valence-corrected chi connectivity index (χ1v) is 17.0. The first kappa shape index (κ1) is 33.9. The summed E-state index contributed by atoms with van der Waals surface area (Å²) in [5.41, 5.74) is 10.4. The summed E-state index contributed by atoms with van der Waals surface area (Å²) in [6, 6.07) is 61.4. The van der Waals surface area contributed by atoms with Gasteiger partial charge in [0.05, 0.1) is 0 Å². The zero-order valence-electron chi connectivity index (χ0n) is 27.9. The zero-order valence-corrected chi connectivity index (χ0v) is 27.9. The molecule has 6 heteroatoms. The first-order valence-electron chi connectivity index (χ1n) is 17.0. The molecule has 0 saturated carbocycles. The normalized spacial score (nSPS) is 12.0. The number of aliphatic imine (C=N–C) groups is 1. The molecular formula is C44H42N4O2. The maximum Gasteiger partial charge on any atom is 0.320 e. The number of nitrogens with zero attached hydrogens (tertiary/aromatic N) is 1. The van der Waals surface area contributed by atoms with Gasteiger partial charge < -0.3 is 21.5 Å². The molecule has 5 N–H and O–H groups in total. The fourth-order valence-corrected chi connectivity index (χ4v) is 6.65. The second-order valence-corrected chi connectivity index (χ2v) is 12.3. The van der Waals surface area contributed by atoms with Gasteiger partial charge in [0.25, 0.3) is 0 Å². The maximum absolute atomic E-state index is 11.6. The van der Waals surface area contributed by atoms with Crippen molar-refractivity contribution >= 4 is 11.9 Å². The first-order chi connectivity index (χ1) is 24.5. The van der Waals surface area contributed by atoms with Crippen molar-refractivity contribution in [3.05, 3.63) is 215 Å². The molecule has 0 radical (unpaired) electrons. The van der Waals surface area contributed by atoms with Crippen LogP contribution in [0.2, 0.25) is 0 Å². The summed E-state index contributed by atoms with van der Waals surface area (Å²) >= 11 is 0. The van der Waals surface area contributed by atoms with E-state index in [1.54, 1.807) is 0 Å². The predicted molar refractivity (Wildman–Crippen MR) is 202 cm³/mol. The zero-order chi connectivity index (χ0) is 34.7. The highest BCUT2D eigenvalue weighted by atomic mass is 16.4. The Balaban J connectivity index is 1.59. The molecule has 0 aliphatic rings. The quantitative estimate of drug-likeness (QED) is 0.0441. The lowest BCUT2D eigenvalue weighted by Gasteiger charge is -2.42. The van der Waals surface area contributed by atoms with Gasteiger partial charge >= 0.3 is 5.97 Å². The van der Waals surface area contributed by atoms with Crippen molar-refractivity contribution < 1.29 is 9.90 Å². The van der Waals surface area contributed by atoms with Gasteiger partial charge in [-0.05, 0) is 46.2 Å². The number of hydrogen-bond donors (Lipinski definition) is 4. The highest BCUT2D eigenvalue weighted by Crippen LogP contribution is 2.39. The minimum atomic E-state index is -1.02. The Morgan fingerprint density at radius 3 is 1.02 bits per heavy atom. The summed E-state index contributed by atoms with van der Waals surface area (Å²) in [5, 5.41) is 17.4. The summed E-state index contributed by atoms with van der Waals surface area (Å²) in [6.07, 6.45) is 0.791. The van der Waals surface area contributed by atoms with Crippen LogP contribution in [-0.2, 0) is 15.9 Å². The van der Waals surface area contributed by atoms with Crippen molar-refractivity contribution in [2.24, 2.45) is 10.7 Å². The lowest BCUT2D eigenvalue weighted by molar-refractivity contribution is -0.138. The maximum atomic E-state index is 11.6. The van der Waals surface area contributed by atoms with Gasteiger partial charge in [0.1, 0.15) is 17.1 Å². The van der Waals surface area contributed by atoms with E-state index in [4.69, 9.17) is 10.7 Å². The Bertz CT molecular complexity index is 1630. The van der Waals surface area contributed by atoms with Crippen molar-refractivity contribution in [2.45, 2.75) is 30.0 Å². The largest absolute Gasteiger partial charge is 0.480 e. The van der Waals surface area contributed by atoms with E-state index in [1.807, 2.05) is 36.4 Å². The van der Waals surface area contributed by atoms with Gasteiger partial charge in [-0.1, -0.05) is 182 Å². The fraction of sp³-hybridized carbons (Fsp3) is 0.136. The van der Waals surface area contributed by atoms with Crippen molar-refractivity contribution in [3.8, 4) is 0 Å². The molecule has 0 fully saturated rings. The number of benzene rings is 6. The number of rotatable bonds is 13. The van der Waals surface area contributed by atoms with E-state index in [0.29, 0.717) is 25.3 Å². The van der Waals surface area contributed by atoms with Crippen molar-refractivity contribution in [2.75, 3.05) is 6.54 Å². The fourth-order valence-electron chi connectivity index (χ4n) is 6.65. The van der Waals surface area contributed by atoms with Crippen LogP contribution in [0.25, 0.3) is 0 Å². The number of carboxylic acid groups (broad SMARTS) is 1. The summed E-state index contributed by atoms with van der Waals surface area (Å²) in [4.78, 5) is 16.8. The third-order valence-electron chi connectivity index (χ3n) is 9.11. The van der Waals surface area contributed by atoms with Crippen LogP contribution in [0.15, 0.2) is 187 Å². The molecular weight excluding hydrogens is 617 g/mol. The summed E-state index contributed by atoms with van der Waals surface area (Å²) in [7, 11) is 0. The molecule has 1 unspecified atom stereocenters. The Morgan fingerprint density at radius 1 is 0.520 bits per heavy atom. The second-order valence-electron chi connectivity index (χ2n) is 12.3. The molecule has 6 rings (SSSR count). The number of nitrogens with one attached hydrogen (secondary N) is 2. The van der Waals surface area contributed by atoms with Crippen molar-refractivity contribution in [1.29, 1.82) is 0 Å². The molecule has 0 aliphatic heterocycles. The summed E-state index contributed by atoms with van der Waals surface area (Å²) < 4.78 is 0. The third kappa shape index (κ3) is 7.21. The standard InChI is InChI=1S/C44H42N4O2/c45-40(41(49)50)32-19-33-46-42(47-43(34-20-7-1-8-21-34,35-22-9-2-10-23-35)36-24-11-3-12-25-36)48-44(37-26-13-4-14-27-37,38-28-15-5-16-29-38)39-30-17-6-18-31-39/h1-18,20-31,40H,19,32-33,45H2,(H,49,50)(H2,46,47,48). The van der Waals surface area contributed by atoms with Gasteiger partial charge in [-0.2, -0.15) is 0 Å². The smallest absolute Gasteiger partial charge is 0.320 e. The highest BCUT2D eigenvalue weighted by molar-refractivity contribution is 5.85. The molecule has 0 amide bonds. The molecule has 6 aromatic carbocycles. The Kier molecular flexibility index (Phi) is 10.8. The molecule has 0 aromatic heterocycles. The van der Waals surface area contributed by atoms with Gasteiger partial charge in [0.15, 0.2) is 5.96 Å². The number of hydrogen-bond acceptors (Lipinski definition) is 3. The van der Waals surface area contributed by atoms with Gasteiger partial charge in [0, 0.05) is 6.54 Å². The second kappa shape index (κ2) is 15.9. The minimum Gasteiger partial charge on any atom is -0.480 e. The number of carbonyl (C=O) groups is 1. The molecule has 6 nitrogen and oxygen atoms in total. The van der Waals surface area contributed by atoms with Gasteiger partial charge in [-0.15, -0.1) is 0 Å². The van der Waals surface area contributed by atoms with Crippen LogP contribution < -0.4 is 16.4 Å². The molecule has 0 heterocycles. The van der Waals surface area contributed by atoms with E-state index in [0.717, 1.165) is 33.4 Å². The van der Waals surface area contributed by atoms with Crippen LogP contribution in [0.3, 0.4) is 0 Å². The molecule has 1 atom stereocenters. The number of aliphatic carboxylic acids is 1. The molecule has 0 saturated heterocycles. The van der Waals surface area contributed by atoms with E-state index in [2.05, 4.69) is 156 Å². The summed E-state index contributed by atoms with van der Waals surface area (Å²) in [6.45, 7) is 0.346. The molecule has 6 aromatic rings. The number of guanidine groups is 1. The van der Waals surface area contributed by atoms with Crippen molar-refractivity contribution in [3.63, 3.8) is 0 Å². The lowest BCUT2D eigenvalue weighted by atomic mass is 9.76. The minimum absolute atomic E-state index is 0.300. The van der Waals surface area contributed by atoms with Crippen molar-refractivity contribution in [1.82, 2.24) is 10.6 Å². The van der Waals surface area contributed by atoms with E-state index < -0.39 is 23.1 Å². The van der Waals surface area contributed by atoms with Gasteiger partial charge in [-0.25, -0.2) is 0 Å². The third-order valence-corrected chi connectivity index (χ3v) is 9.11. The van der Waals surface area contributed by atoms with Crippen LogP contribution >= 0.6 is 0 Å². The van der Waals surface area contributed by atoms with Crippen LogP contribution in [0.4, 0.5) is 0 Å². The number of nitrogens with two attached hydrogens (primary N) is 1. The topological polar surface area (TPSA) is 99.7 Å². The lowest BCUT2D eigenvalue weighted by Crippen LogP contribution is -2.58. The average molecular weight is 659 g/mol. The molecule has 0 spiro atoms. The van der Waals surface area contributed by atoms with Crippen LogP contribution in [0.5, 0.6) is 0 Å². The Morgan fingerprint density at radius 2 is 0.780 bits per heavy atom. The van der Waals surface area contributed by atoms with E-state index >= 15 is 0 Å². The molecule has 50 heavy (non-hydrogen) atoms. The number of carboxylic acids is 1. The molecule has 250 valence electrons. The average Bonchev–Trinajstić information content (AvgIpc) is 3.19. The van der Waals surface area contributed by atoms with Gasteiger partial charge in [0.2, 0.25) is 0 Å². The van der Waals surface area contributed by atoms with E-state index in [1.165, 1.54) is 0 Å². The Labute approximate surface area is 294 Å². The molecule has 0 bridgehead atoms. The van der Waals surface area contributed by atoms with Crippen LogP contribution in [0.1, 0.15) is 46.2 Å². The predicted octanol–water partition coefficient (Wildman–Crippen LogP) is 7.70. The molecule has 0 aliphatic carbocycles. The van der Waals surface area contributed by atoms with Crippen LogP contribution in [-0.4, -0.2) is 29.6 Å². The summed E-state index contributed by atoms with van der Waals surface area (Å²) in [5.74, 6) is -0.472. The van der Waals surface area contributed by atoms with Gasteiger partial charge in [-0.3, -0.25) is 9.79 Å². The highest BCUT2D eigenvalue weighted by Gasteiger charge is 2.41. The van der Waals surface area contributed by atoms with Crippen LogP contribution in [0, 0.1) is 0 Å². The Hall–Kier alpha value is -5.98. The van der Waals surface area contributed by atoms with E-state index in [-0.39, 0.29) is 0 Å². The van der Waals surface area contributed by atoms with E-state index in [9.17, 15) is 9.90 Å².